The van der Waals surface area contributed by atoms with Gasteiger partial charge in [-0.2, -0.15) is 0 Å². The van der Waals surface area contributed by atoms with E-state index < -0.39 is 0 Å². The van der Waals surface area contributed by atoms with Crippen molar-refractivity contribution in [2.24, 2.45) is 0 Å². The quantitative estimate of drug-likeness (QED) is 0.494. The second-order valence-corrected chi connectivity index (χ2v) is 7.86. The Morgan fingerprint density at radius 3 is 2.97 bits per heavy atom. The molecule has 1 N–H and O–H groups in total. The van der Waals surface area contributed by atoms with Crippen LogP contribution in [0.3, 0.4) is 0 Å². The number of hydrogen-bond donors (Lipinski definition) is 1. The molecule has 31 heavy (non-hydrogen) atoms. The Bertz CT molecular complexity index is 1180. The van der Waals surface area contributed by atoms with Crippen molar-refractivity contribution in [1.29, 1.82) is 0 Å². The number of hydrogen-bond acceptors (Lipinski definition) is 4. The lowest BCUT2D eigenvalue weighted by Gasteiger charge is -2.23. The first-order chi connectivity index (χ1) is 15.2. The monoisotopic (exact) mass is 418 g/mol. The molecule has 0 unspecified atom stereocenters. The van der Waals surface area contributed by atoms with Crippen molar-refractivity contribution in [3.63, 3.8) is 0 Å². The molecule has 0 spiro atoms. The molecule has 1 aliphatic rings. The van der Waals surface area contributed by atoms with Gasteiger partial charge in [-0.05, 0) is 43.2 Å². The van der Waals surface area contributed by atoms with E-state index in [0.29, 0.717) is 6.61 Å². The number of carbonyl (C=O) groups is 1. The summed E-state index contributed by atoms with van der Waals surface area (Å²) in [6, 6.07) is 15.9. The fourth-order valence-electron chi connectivity index (χ4n) is 4.41. The van der Waals surface area contributed by atoms with E-state index in [2.05, 4.69) is 15.6 Å². The number of fused-ring (bicyclic) bond motifs is 2. The number of imidazole rings is 1. The third-order valence-corrected chi connectivity index (χ3v) is 5.96. The lowest BCUT2D eigenvalue weighted by molar-refractivity contribution is -0.134. The van der Waals surface area contributed by atoms with Gasteiger partial charge >= 0.3 is 0 Å². The fraction of sp³-hybridized carbons (Fsp3) is 0.333. The van der Waals surface area contributed by atoms with Crippen LogP contribution in [0.15, 0.2) is 54.7 Å². The third kappa shape index (κ3) is 3.77. The number of aromatic amines is 1. The highest BCUT2D eigenvalue weighted by Gasteiger charge is 2.32. The molecular weight excluding hydrogens is 392 g/mol. The van der Waals surface area contributed by atoms with Gasteiger partial charge in [-0.1, -0.05) is 18.2 Å². The van der Waals surface area contributed by atoms with Crippen LogP contribution in [-0.2, 0) is 16.1 Å². The van der Waals surface area contributed by atoms with Gasteiger partial charge in [0.2, 0.25) is 0 Å². The minimum absolute atomic E-state index is 0.0130. The molecule has 1 saturated heterocycles. The smallest absolute Gasteiger partial charge is 0.261 e. The summed E-state index contributed by atoms with van der Waals surface area (Å²) in [6.45, 7) is 2.15. The van der Waals surface area contributed by atoms with Crippen molar-refractivity contribution in [2.45, 2.75) is 25.4 Å². The summed E-state index contributed by atoms with van der Waals surface area (Å²) in [6.07, 6.45) is 3.89. The van der Waals surface area contributed by atoms with Crippen molar-refractivity contribution >= 4 is 27.8 Å². The molecule has 160 valence electrons. The number of amides is 1. The molecule has 2 aromatic heterocycles. The van der Waals surface area contributed by atoms with E-state index in [0.717, 1.165) is 59.4 Å². The number of nitrogens with one attached hydrogen (secondary N) is 1. The lowest BCUT2D eigenvalue weighted by atomic mass is 10.2. The van der Waals surface area contributed by atoms with Gasteiger partial charge in [0, 0.05) is 31.8 Å². The minimum atomic E-state index is -0.0329. The van der Waals surface area contributed by atoms with Gasteiger partial charge in [-0.25, -0.2) is 4.98 Å². The number of methoxy groups -OCH3 is 1. The maximum absolute atomic E-state index is 13.0. The lowest BCUT2D eigenvalue weighted by Crippen LogP contribution is -2.34. The highest BCUT2D eigenvalue weighted by Crippen LogP contribution is 2.32. The van der Waals surface area contributed by atoms with Crippen LogP contribution in [0.4, 0.5) is 0 Å². The molecule has 1 amide bonds. The largest absolute Gasteiger partial charge is 0.483 e. The van der Waals surface area contributed by atoms with Crippen LogP contribution in [0, 0.1) is 0 Å². The Hall–Kier alpha value is -3.32. The number of likely N-dealkylation sites (tertiary alicyclic amines) is 1. The van der Waals surface area contributed by atoms with Gasteiger partial charge in [0.25, 0.3) is 5.91 Å². The first-order valence-electron chi connectivity index (χ1n) is 10.7. The van der Waals surface area contributed by atoms with Gasteiger partial charge in [0.05, 0.1) is 29.2 Å². The summed E-state index contributed by atoms with van der Waals surface area (Å²) in [5.41, 5.74) is 3.00. The summed E-state index contributed by atoms with van der Waals surface area (Å²) in [4.78, 5) is 23.0. The van der Waals surface area contributed by atoms with Crippen molar-refractivity contribution < 1.29 is 14.3 Å². The van der Waals surface area contributed by atoms with E-state index in [1.807, 2.05) is 53.6 Å². The van der Waals surface area contributed by atoms with Gasteiger partial charge in [-0.3, -0.25) is 4.79 Å². The predicted molar refractivity (Wildman–Crippen MR) is 119 cm³/mol. The molecule has 1 fully saturated rings. The molecule has 0 saturated carbocycles. The highest BCUT2D eigenvalue weighted by molar-refractivity contribution is 5.87. The first kappa shape index (κ1) is 19.6. The van der Waals surface area contributed by atoms with Crippen molar-refractivity contribution in [1.82, 2.24) is 19.4 Å². The fourth-order valence-corrected chi connectivity index (χ4v) is 4.41. The third-order valence-electron chi connectivity index (χ3n) is 5.96. The van der Waals surface area contributed by atoms with Crippen LogP contribution in [0.25, 0.3) is 21.9 Å². The number of rotatable bonds is 7. The number of benzene rings is 2. The van der Waals surface area contributed by atoms with Crippen molar-refractivity contribution in [3.8, 4) is 5.75 Å². The molecule has 3 heterocycles. The highest BCUT2D eigenvalue weighted by atomic mass is 16.5. The Morgan fingerprint density at radius 1 is 1.19 bits per heavy atom. The number of para-hydroxylation sites is 2. The molecule has 7 nitrogen and oxygen atoms in total. The standard InChI is InChI=1S/C24H26N4O3/c1-30-15-14-27-13-11-17-20(27)8-4-10-22(17)31-16-23(29)28-12-5-9-21(28)24-25-18-6-2-3-7-19(18)26-24/h2-4,6-8,10-11,13,21H,5,9,12,14-16H2,1H3,(H,25,26)/t21-/m1/s1. The summed E-state index contributed by atoms with van der Waals surface area (Å²) in [5, 5.41) is 1.00. The maximum atomic E-state index is 13.0. The van der Waals surface area contributed by atoms with Crippen molar-refractivity contribution in [3.05, 3.63) is 60.6 Å². The van der Waals surface area contributed by atoms with Gasteiger partial charge < -0.3 is 23.9 Å². The topological polar surface area (TPSA) is 72.4 Å². The van der Waals surface area contributed by atoms with Gasteiger partial charge in [-0.15, -0.1) is 0 Å². The molecule has 2 aromatic carbocycles. The van der Waals surface area contributed by atoms with E-state index >= 15 is 0 Å². The summed E-state index contributed by atoms with van der Waals surface area (Å²) < 4.78 is 13.3. The van der Waals surface area contributed by atoms with E-state index in [4.69, 9.17) is 14.5 Å². The second kappa shape index (κ2) is 8.43. The van der Waals surface area contributed by atoms with E-state index in [1.54, 1.807) is 7.11 Å². The molecule has 4 aromatic rings. The number of nitrogens with zero attached hydrogens (tertiary/aromatic N) is 3. The number of H-pyrrole nitrogens is 1. The molecule has 0 bridgehead atoms. The average molecular weight is 418 g/mol. The molecule has 1 atom stereocenters. The normalized spacial score (nSPS) is 16.4. The van der Waals surface area contributed by atoms with Gasteiger partial charge in [0.15, 0.2) is 6.61 Å². The molecule has 5 rings (SSSR count). The predicted octanol–water partition coefficient (Wildman–Crippen LogP) is 3.91. The van der Waals surface area contributed by atoms with Crippen LogP contribution in [0.1, 0.15) is 24.7 Å². The summed E-state index contributed by atoms with van der Waals surface area (Å²) in [5.74, 6) is 1.56. The van der Waals surface area contributed by atoms with Crippen LogP contribution in [0.2, 0.25) is 0 Å². The van der Waals surface area contributed by atoms with E-state index in [9.17, 15) is 4.79 Å². The number of carbonyl (C=O) groups excluding carboxylic acids is 1. The Labute approximate surface area is 180 Å². The Kier molecular flexibility index (Phi) is 5.34. The Morgan fingerprint density at radius 2 is 2.10 bits per heavy atom. The van der Waals surface area contributed by atoms with Crippen LogP contribution in [-0.4, -0.2) is 52.2 Å². The molecule has 0 radical (unpaired) electrons. The van der Waals surface area contributed by atoms with Crippen LogP contribution >= 0.6 is 0 Å². The molecule has 7 heteroatoms. The van der Waals surface area contributed by atoms with Gasteiger partial charge in [0.1, 0.15) is 11.6 Å². The summed E-state index contributed by atoms with van der Waals surface area (Å²) >= 11 is 0. The van der Waals surface area contributed by atoms with Crippen molar-refractivity contribution in [2.75, 3.05) is 26.9 Å². The average Bonchev–Trinajstić information content (AvgIpc) is 3.53. The zero-order valence-electron chi connectivity index (χ0n) is 17.6. The van der Waals surface area contributed by atoms with E-state index in [1.165, 1.54) is 0 Å². The summed E-state index contributed by atoms with van der Waals surface area (Å²) in [7, 11) is 1.70. The number of aromatic nitrogens is 3. The first-order valence-corrected chi connectivity index (χ1v) is 10.7. The molecule has 0 aliphatic carbocycles. The zero-order valence-corrected chi connectivity index (χ0v) is 17.6. The minimum Gasteiger partial charge on any atom is -0.483 e. The zero-order chi connectivity index (χ0) is 21.2. The van der Waals surface area contributed by atoms with E-state index in [-0.39, 0.29) is 18.6 Å². The van der Waals surface area contributed by atoms with Crippen LogP contribution < -0.4 is 4.74 Å². The maximum Gasteiger partial charge on any atom is 0.261 e. The SMILES string of the molecule is COCCn1ccc2c(OCC(=O)N3CCC[C@@H]3c3nc4ccccc4[nH]3)cccc21. The second-order valence-electron chi connectivity index (χ2n) is 7.86. The van der Waals surface area contributed by atoms with Crippen LogP contribution in [0.5, 0.6) is 5.75 Å². The Balaban J connectivity index is 1.30. The molecule has 1 aliphatic heterocycles. The molecular formula is C24H26N4O3. The number of ether oxygens (including phenoxy) is 2.